The Morgan fingerprint density at radius 3 is 2.61 bits per heavy atom. The van der Waals surface area contributed by atoms with Crippen LogP contribution in [-0.4, -0.2) is 59.4 Å². The largest absolute Gasteiger partial charge is 0.465 e. The molecule has 0 aromatic rings. The Bertz CT molecular complexity index is 291. The topological polar surface area (TPSA) is 43.8 Å². The Kier molecular flexibility index (Phi) is 4.96. The molecule has 0 spiro atoms. The fourth-order valence-corrected chi connectivity index (χ4v) is 2.45. The molecule has 1 aliphatic rings. The molecule has 0 radical (unpaired) electrons. The summed E-state index contributed by atoms with van der Waals surface area (Å²) in [6.07, 6.45) is -0.449. The van der Waals surface area contributed by atoms with Crippen LogP contribution in [0.1, 0.15) is 33.6 Å². The average Bonchev–Trinajstić information content (AvgIpc) is 2.33. The number of rotatable bonds is 2. The molecule has 0 aromatic carbocycles. The zero-order valence-electron chi connectivity index (χ0n) is 11.8. The summed E-state index contributed by atoms with van der Waals surface area (Å²) in [7, 11) is 1.91. The summed E-state index contributed by atoms with van der Waals surface area (Å²) in [5.41, 5.74) is -0.435. The van der Waals surface area contributed by atoms with E-state index in [4.69, 9.17) is 0 Å². The Labute approximate surface area is 109 Å². The monoisotopic (exact) mass is 260 g/mol. The van der Waals surface area contributed by atoms with Gasteiger partial charge in [0, 0.05) is 18.6 Å². The van der Waals surface area contributed by atoms with Crippen molar-refractivity contribution in [1.29, 1.82) is 0 Å². The highest BCUT2D eigenvalue weighted by atomic mass is 19.1. The number of carboxylic acid groups (broad SMARTS) is 1. The summed E-state index contributed by atoms with van der Waals surface area (Å²) >= 11 is 0. The van der Waals surface area contributed by atoms with E-state index < -0.39 is 17.8 Å². The molecule has 18 heavy (non-hydrogen) atoms. The first-order valence-electron chi connectivity index (χ1n) is 6.53. The molecule has 1 amide bonds. The predicted octanol–water partition coefficient (Wildman–Crippen LogP) is 2.44. The van der Waals surface area contributed by atoms with Crippen LogP contribution in [0.3, 0.4) is 0 Å². The second kappa shape index (κ2) is 5.87. The lowest BCUT2D eigenvalue weighted by molar-refractivity contribution is 0.0838. The highest BCUT2D eigenvalue weighted by Gasteiger charge is 2.31. The van der Waals surface area contributed by atoms with Gasteiger partial charge < -0.3 is 14.9 Å². The van der Waals surface area contributed by atoms with E-state index in [1.54, 1.807) is 0 Å². The first-order chi connectivity index (χ1) is 8.20. The predicted molar refractivity (Wildman–Crippen MR) is 69.6 cm³/mol. The molecule has 1 heterocycles. The van der Waals surface area contributed by atoms with Crippen molar-refractivity contribution in [2.75, 3.05) is 26.7 Å². The van der Waals surface area contributed by atoms with Gasteiger partial charge in [0.15, 0.2) is 0 Å². The third kappa shape index (κ3) is 4.44. The number of carbonyl (C=O) groups is 1. The lowest BCUT2D eigenvalue weighted by atomic mass is 9.96. The van der Waals surface area contributed by atoms with Gasteiger partial charge in [0.2, 0.25) is 0 Å². The van der Waals surface area contributed by atoms with Crippen LogP contribution in [0.15, 0.2) is 0 Å². The maximum atomic E-state index is 13.7. The van der Waals surface area contributed by atoms with E-state index in [0.717, 1.165) is 13.0 Å². The molecule has 0 saturated carbocycles. The Morgan fingerprint density at radius 1 is 1.50 bits per heavy atom. The van der Waals surface area contributed by atoms with Crippen molar-refractivity contribution in [3.63, 3.8) is 0 Å². The van der Waals surface area contributed by atoms with E-state index >= 15 is 0 Å². The van der Waals surface area contributed by atoms with Gasteiger partial charge in [-0.25, -0.2) is 9.18 Å². The maximum absolute atomic E-state index is 13.7. The molecule has 4 nitrogen and oxygen atoms in total. The molecule has 1 N–H and O–H groups in total. The SMILES string of the molecule is CN1CCC(CN(C(=O)O)C(C)(C)C)CC(F)C1. The lowest BCUT2D eigenvalue weighted by Gasteiger charge is -2.35. The normalized spacial score (nSPS) is 26.7. The molecule has 0 bridgehead atoms. The smallest absolute Gasteiger partial charge is 0.407 e. The number of alkyl halides is 1. The highest BCUT2D eigenvalue weighted by Crippen LogP contribution is 2.24. The van der Waals surface area contributed by atoms with E-state index in [9.17, 15) is 14.3 Å². The summed E-state index contributed by atoms with van der Waals surface area (Å²) < 4.78 is 13.7. The van der Waals surface area contributed by atoms with Crippen LogP contribution in [0.2, 0.25) is 0 Å². The van der Waals surface area contributed by atoms with Gasteiger partial charge in [-0.05, 0) is 53.1 Å². The van der Waals surface area contributed by atoms with Crippen molar-refractivity contribution < 1.29 is 14.3 Å². The number of likely N-dealkylation sites (tertiary alicyclic amines) is 1. The van der Waals surface area contributed by atoms with Crippen molar-refractivity contribution >= 4 is 6.09 Å². The quantitative estimate of drug-likeness (QED) is 0.829. The van der Waals surface area contributed by atoms with Crippen molar-refractivity contribution in [3.8, 4) is 0 Å². The van der Waals surface area contributed by atoms with Crippen LogP contribution in [0.25, 0.3) is 0 Å². The minimum atomic E-state index is -0.921. The number of hydrogen-bond acceptors (Lipinski definition) is 2. The van der Waals surface area contributed by atoms with Gasteiger partial charge in [-0.3, -0.25) is 0 Å². The van der Waals surface area contributed by atoms with Gasteiger partial charge in [-0.2, -0.15) is 0 Å². The summed E-state index contributed by atoms with van der Waals surface area (Å²) in [5.74, 6) is 0.111. The molecule has 5 heteroatoms. The third-order valence-electron chi connectivity index (χ3n) is 3.50. The number of hydrogen-bond donors (Lipinski definition) is 1. The Hall–Kier alpha value is -0.840. The minimum Gasteiger partial charge on any atom is -0.465 e. The summed E-state index contributed by atoms with van der Waals surface area (Å²) in [6, 6.07) is 0. The summed E-state index contributed by atoms with van der Waals surface area (Å²) in [4.78, 5) is 14.7. The fraction of sp³-hybridized carbons (Fsp3) is 0.923. The number of halogens is 1. The molecule has 2 atom stereocenters. The van der Waals surface area contributed by atoms with Crippen LogP contribution in [0.5, 0.6) is 0 Å². The Morgan fingerprint density at radius 2 is 2.11 bits per heavy atom. The molecular weight excluding hydrogens is 235 g/mol. The van der Waals surface area contributed by atoms with Crippen molar-refractivity contribution in [1.82, 2.24) is 9.80 Å². The fourth-order valence-electron chi connectivity index (χ4n) is 2.45. The molecular formula is C13H25FN2O2. The van der Waals surface area contributed by atoms with Crippen molar-refractivity contribution in [2.45, 2.75) is 45.3 Å². The molecule has 0 aliphatic carbocycles. The molecule has 2 unspecified atom stereocenters. The lowest BCUT2D eigenvalue weighted by Crippen LogP contribution is -2.47. The van der Waals surface area contributed by atoms with E-state index in [-0.39, 0.29) is 5.92 Å². The molecule has 1 rings (SSSR count). The standard InChI is InChI=1S/C13H25FN2O2/c1-13(2,3)16(12(17)18)8-10-5-6-15(4)9-11(14)7-10/h10-11H,5-9H2,1-4H3,(H,17,18). The van der Waals surface area contributed by atoms with Crippen LogP contribution in [0.4, 0.5) is 9.18 Å². The first kappa shape index (κ1) is 15.2. The molecule has 1 aliphatic heterocycles. The van der Waals surface area contributed by atoms with Crippen molar-refractivity contribution in [2.24, 2.45) is 5.92 Å². The number of amides is 1. The zero-order valence-corrected chi connectivity index (χ0v) is 11.8. The van der Waals surface area contributed by atoms with Crippen LogP contribution < -0.4 is 0 Å². The van der Waals surface area contributed by atoms with E-state index in [1.165, 1.54) is 4.90 Å². The second-order valence-electron chi connectivity index (χ2n) is 6.31. The summed E-state index contributed by atoms with van der Waals surface area (Å²) in [6.45, 7) is 7.33. The van der Waals surface area contributed by atoms with Gasteiger partial charge in [0.1, 0.15) is 6.17 Å². The second-order valence-corrected chi connectivity index (χ2v) is 6.31. The van der Waals surface area contributed by atoms with Crippen LogP contribution in [-0.2, 0) is 0 Å². The van der Waals surface area contributed by atoms with E-state index in [0.29, 0.717) is 19.5 Å². The average molecular weight is 260 g/mol. The van der Waals surface area contributed by atoms with Crippen LogP contribution in [0, 0.1) is 5.92 Å². The van der Waals surface area contributed by atoms with E-state index in [2.05, 4.69) is 0 Å². The molecule has 106 valence electrons. The highest BCUT2D eigenvalue weighted by molar-refractivity contribution is 5.66. The first-order valence-corrected chi connectivity index (χ1v) is 6.53. The maximum Gasteiger partial charge on any atom is 0.407 e. The van der Waals surface area contributed by atoms with Crippen LogP contribution >= 0.6 is 0 Å². The van der Waals surface area contributed by atoms with Gasteiger partial charge >= 0.3 is 6.09 Å². The van der Waals surface area contributed by atoms with Gasteiger partial charge in [-0.15, -0.1) is 0 Å². The Balaban J connectivity index is 2.66. The third-order valence-corrected chi connectivity index (χ3v) is 3.50. The molecule has 0 aromatic heterocycles. The van der Waals surface area contributed by atoms with Gasteiger partial charge in [-0.1, -0.05) is 0 Å². The van der Waals surface area contributed by atoms with Crippen molar-refractivity contribution in [3.05, 3.63) is 0 Å². The zero-order chi connectivity index (χ0) is 13.9. The van der Waals surface area contributed by atoms with E-state index in [1.807, 2.05) is 32.7 Å². The minimum absolute atomic E-state index is 0.111. The van der Waals surface area contributed by atoms with Gasteiger partial charge in [0.05, 0.1) is 0 Å². The number of nitrogens with zero attached hydrogens (tertiary/aromatic N) is 2. The summed E-state index contributed by atoms with van der Waals surface area (Å²) in [5, 5.41) is 9.25. The molecule has 1 fully saturated rings. The molecule has 1 saturated heterocycles. The van der Waals surface area contributed by atoms with Gasteiger partial charge in [0.25, 0.3) is 0 Å².